The van der Waals surface area contributed by atoms with Crippen molar-refractivity contribution in [1.29, 1.82) is 0 Å². The first-order valence-corrected chi connectivity index (χ1v) is 13.3. The van der Waals surface area contributed by atoms with Crippen LogP contribution < -0.4 is 15.4 Å². The number of amides is 2. The highest BCUT2D eigenvalue weighted by atomic mass is 32.1. The minimum Gasteiger partial charge on any atom is -0.494 e. The molecule has 1 saturated heterocycles. The minimum atomic E-state index is -0.178. The maximum absolute atomic E-state index is 13.5. The molecular weight excluding hydrogens is 462 g/mol. The van der Waals surface area contributed by atoms with Crippen LogP contribution in [0.1, 0.15) is 54.9 Å². The number of hydrogen-bond acceptors (Lipinski definition) is 6. The molecule has 1 fully saturated rings. The number of carbonyl (C=O) groups is 2. The molecule has 2 aromatic rings. The molecule has 35 heavy (non-hydrogen) atoms. The topological polar surface area (TPSA) is 79.9 Å². The normalized spacial score (nSPS) is 18.6. The van der Waals surface area contributed by atoms with Gasteiger partial charge in [0.1, 0.15) is 10.8 Å². The summed E-state index contributed by atoms with van der Waals surface area (Å²) in [6, 6.07) is 7.38. The SMILES string of the molecule is CCOc1ccc(NC(=O)c2c(NC(=O)CN3CCOCC3)sc3c2CC[C@@H](C(C)(C)C)C3)cc1. The van der Waals surface area contributed by atoms with Gasteiger partial charge < -0.3 is 20.1 Å². The monoisotopic (exact) mass is 499 g/mol. The molecule has 1 aliphatic heterocycles. The largest absolute Gasteiger partial charge is 0.494 e. The second kappa shape index (κ2) is 11.1. The summed E-state index contributed by atoms with van der Waals surface area (Å²) in [6.07, 6.45) is 2.82. The third kappa shape index (κ3) is 6.42. The summed E-state index contributed by atoms with van der Waals surface area (Å²) in [6.45, 7) is 12.4. The average Bonchev–Trinajstić information content (AvgIpc) is 3.17. The van der Waals surface area contributed by atoms with E-state index in [1.165, 1.54) is 4.88 Å². The molecule has 1 aromatic carbocycles. The summed E-state index contributed by atoms with van der Waals surface area (Å²) in [5, 5.41) is 6.77. The van der Waals surface area contributed by atoms with E-state index in [-0.39, 0.29) is 17.2 Å². The Balaban J connectivity index is 1.56. The number of anilines is 2. The first-order chi connectivity index (χ1) is 16.7. The lowest BCUT2D eigenvalue weighted by molar-refractivity contribution is -0.118. The number of benzene rings is 1. The van der Waals surface area contributed by atoms with Crippen molar-refractivity contribution in [2.75, 3.05) is 50.1 Å². The van der Waals surface area contributed by atoms with Crippen LogP contribution >= 0.6 is 11.3 Å². The Morgan fingerprint density at radius 1 is 1.14 bits per heavy atom. The van der Waals surface area contributed by atoms with E-state index in [0.29, 0.717) is 48.5 Å². The Labute approximate surface area is 212 Å². The highest BCUT2D eigenvalue weighted by molar-refractivity contribution is 7.17. The van der Waals surface area contributed by atoms with Crippen LogP contribution in [0.25, 0.3) is 0 Å². The third-order valence-corrected chi connectivity index (χ3v) is 8.03. The Bertz CT molecular complexity index is 1040. The molecule has 1 aromatic heterocycles. The molecule has 190 valence electrons. The van der Waals surface area contributed by atoms with Crippen molar-refractivity contribution in [3.8, 4) is 5.75 Å². The van der Waals surface area contributed by atoms with Gasteiger partial charge in [0.2, 0.25) is 5.91 Å². The van der Waals surface area contributed by atoms with Crippen LogP contribution in [-0.2, 0) is 22.4 Å². The van der Waals surface area contributed by atoms with Gasteiger partial charge in [-0.1, -0.05) is 20.8 Å². The number of ether oxygens (including phenoxy) is 2. The maximum Gasteiger partial charge on any atom is 0.258 e. The first kappa shape index (κ1) is 25.7. The van der Waals surface area contributed by atoms with Crippen molar-refractivity contribution in [2.24, 2.45) is 11.3 Å². The fraction of sp³-hybridized carbons (Fsp3) is 0.556. The number of nitrogens with one attached hydrogen (secondary N) is 2. The molecule has 2 N–H and O–H groups in total. The molecule has 7 nitrogen and oxygen atoms in total. The van der Waals surface area contributed by atoms with Crippen molar-refractivity contribution in [2.45, 2.75) is 47.0 Å². The van der Waals surface area contributed by atoms with E-state index >= 15 is 0 Å². The fourth-order valence-corrected chi connectivity index (χ4v) is 6.12. The predicted molar refractivity (Wildman–Crippen MR) is 141 cm³/mol. The van der Waals surface area contributed by atoms with Crippen LogP contribution in [0.5, 0.6) is 5.75 Å². The molecule has 2 amide bonds. The number of fused-ring (bicyclic) bond motifs is 1. The van der Waals surface area contributed by atoms with E-state index in [9.17, 15) is 9.59 Å². The number of thiophene rings is 1. The Kier molecular flexibility index (Phi) is 8.14. The summed E-state index contributed by atoms with van der Waals surface area (Å²) in [5.41, 5.74) is 2.60. The number of hydrogen-bond donors (Lipinski definition) is 2. The number of nitrogens with zero attached hydrogens (tertiary/aromatic N) is 1. The van der Waals surface area contributed by atoms with Crippen molar-refractivity contribution in [3.05, 3.63) is 40.3 Å². The van der Waals surface area contributed by atoms with E-state index in [4.69, 9.17) is 9.47 Å². The van der Waals surface area contributed by atoms with Crippen molar-refractivity contribution < 1.29 is 19.1 Å². The van der Waals surface area contributed by atoms with Gasteiger partial charge in [-0.2, -0.15) is 0 Å². The van der Waals surface area contributed by atoms with Gasteiger partial charge in [-0.3, -0.25) is 14.5 Å². The molecule has 0 bridgehead atoms. The van der Waals surface area contributed by atoms with Gasteiger partial charge in [0.05, 0.1) is 31.9 Å². The van der Waals surface area contributed by atoms with Crippen LogP contribution in [0.2, 0.25) is 0 Å². The van der Waals surface area contributed by atoms with Gasteiger partial charge in [-0.05, 0) is 67.3 Å². The fourth-order valence-electron chi connectivity index (χ4n) is 4.78. The molecule has 1 aliphatic carbocycles. The summed E-state index contributed by atoms with van der Waals surface area (Å²) in [4.78, 5) is 29.7. The second-order valence-corrected chi connectivity index (χ2v) is 11.5. The molecule has 2 aliphatic rings. The average molecular weight is 500 g/mol. The summed E-state index contributed by atoms with van der Waals surface area (Å²) < 4.78 is 10.9. The number of morpholine rings is 1. The summed E-state index contributed by atoms with van der Waals surface area (Å²) in [7, 11) is 0. The van der Waals surface area contributed by atoms with Gasteiger partial charge >= 0.3 is 0 Å². The first-order valence-electron chi connectivity index (χ1n) is 12.5. The highest BCUT2D eigenvalue weighted by Gasteiger charge is 2.34. The standard InChI is InChI=1S/C27H37N3O4S/c1-5-34-20-9-7-19(8-10-20)28-25(32)24-21-11-6-18(27(2,3)4)16-22(21)35-26(24)29-23(31)17-30-12-14-33-15-13-30/h7-10,18H,5-6,11-17H2,1-4H3,(H,28,32)(H,29,31)/t18-/m1/s1. The van der Waals surface area contributed by atoms with Gasteiger partial charge in [0, 0.05) is 23.7 Å². The maximum atomic E-state index is 13.5. The van der Waals surface area contributed by atoms with Crippen LogP contribution in [-0.4, -0.2) is 56.2 Å². The molecule has 4 rings (SSSR count). The molecule has 1 atom stereocenters. The zero-order chi connectivity index (χ0) is 25.0. The van der Waals surface area contributed by atoms with Crippen LogP contribution in [0, 0.1) is 11.3 Å². The van der Waals surface area contributed by atoms with E-state index in [1.54, 1.807) is 11.3 Å². The molecule has 0 saturated carbocycles. The van der Waals surface area contributed by atoms with Crippen molar-refractivity contribution in [1.82, 2.24) is 4.90 Å². The van der Waals surface area contributed by atoms with Gasteiger partial charge in [0.15, 0.2) is 0 Å². The van der Waals surface area contributed by atoms with E-state index in [1.807, 2.05) is 31.2 Å². The van der Waals surface area contributed by atoms with Crippen LogP contribution in [0.3, 0.4) is 0 Å². The van der Waals surface area contributed by atoms with Gasteiger partial charge in [0.25, 0.3) is 5.91 Å². The van der Waals surface area contributed by atoms with Crippen molar-refractivity contribution in [3.63, 3.8) is 0 Å². The molecule has 0 unspecified atom stereocenters. The summed E-state index contributed by atoms with van der Waals surface area (Å²) in [5.74, 6) is 1.05. The minimum absolute atomic E-state index is 0.0898. The molecule has 2 heterocycles. The zero-order valence-electron chi connectivity index (χ0n) is 21.2. The quantitative estimate of drug-likeness (QED) is 0.571. The molecule has 0 spiro atoms. The predicted octanol–water partition coefficient (Wildman–Crippen LogP) is 4.82. The van der Waals surface area contributed by atoms with E-state index < -0.39 is 0 Å². The molecule has 8 heteroatoms. The lowest BCUT2D eigenvalue weighted by atomic mass is 9.72. The summed E-state index contributed by atoms with van der Waals surface area (Å²) >= 11 is 1.56. The molecular formula is C27H37N3O4S. The Morgan fingerprint density at radius 3 is 2.51 bits per heavy atom. The third-order valence-electron chi connectivity index (χ3n) is 6.86. The number of rotatable bonds is 7. The Hall–Kier alpha value is -2.42. The second-order valence-electron chi connectivity index (χ2n) is 10.4. The van der Waals surface area contributed by atoms with Crippen LogP contribution in [0.4, 0.5) is 10.7 Å². The van der Waals surface area contributed by atoms with Crippen molar-refractivity contribution >= 4 is 33.8 Å². The molecule has 0 radical (unpaired) electrons. The number of carbonyl (C=O) groups excluding carboxylic acids is 2. The lowest BCUT2D eigenvalue weighted by Crippen LogP contribution is -2.41. The zero-order valence-corrected chi connectivity index (χ0v) is 22.1. The van der Waals surface area contributed by atoms with E-state index in [0.717, 1.165) is 43.7 Å². The smallest absolute Gasteiger partial charge is 0.258 e. The van der Waals surface area contributed by atoms with Crippen LogP contribution in [0.15, 0.2) is 24.3 Å². The lowest BCUT2D eigenvalue weighted by Gasteiger charge is -2.33. The van der Waals surface area contributed by atoms with E-state index in [2.05, 4.69) is 36.3 Å². The Morgan fingerprint density at radius 2 is 1.86 bits per heavy atom. The van der Waals surface area contributed by atoms with Gasteiger partial charge in [-0.15, -0.1) is 11.3 Å². The highest BCUT2D eigenvalue weighted by Crippen LogP contribution is 2.44. The van der Waals surface area contributed by atoms with Gasteiger partial charge in [-0.25, -0.2) is 0 Å².